The van der Waals surface area contributed by atoms with Gasteiger partial charge in [-0.1, -0.05) is 24.3 Å². The van der Waals surface area contributed by atoms with E-state index in [0.29, 0.717) is 0 Å². The molecular weight excluding hydrogens is 236 g/mol. The SMILES string of the molecule is OC(=Cc1ccc2ccccc2n1)c1ccncc1. The number of rotatable bonds is 2. The smallest absolute Gasteiger partial charge is 0.125 e. The quantitative estimate of drug-likeness (QED) is 0.703. The molecule has 92 valence electrons. The number of fused-ring (bicyclic) bond motifs is 1. The number of aromatic nitrogens is 2. The summed E-state index contributed by atoms with van der Waals surface area (Å²) >= 11 is 0. The highest BCUT2D eigenvalue weighted by molar-refractivity contribution is 5.82. The molecule has 1 N–H and O–H groups in total. The fourth-order valence-corrected chi connectivity index (χ4v) is 1.91. The normalized spacial score (nSPS) is 11.7. The lowest BCUT2D eigenvalue weighted by molar-refractivity contribution is 0.515. The van der Waals surface area contributed by atoms with Gasteiger partial charge in [0.2, 0.25) is 0 Å². The van der Waals surface area contributed by atoms with Crippen LogP contribution in [0.1, 0.15) is 11.3 Å². The number of nitrogens with zero attached hydrogens (tertiary/aromatic N) is 2. The van der Waals surface area contributed by atoms with Crippen molar-refractivity contribution in [2.24, 2.45) is 0 Å². The molecule has 0 aliphatic carbocycles. The van der Waals surface area contributed by atoms with Crippen molar-refractivity contribution in [2.75, 3.05) is 0 Å². The van der Waals surface area contributed by atoms with Crippen LogP contribution in [-0.4, -0.2) is 15.1 Å². The first kappa shape index (κ1) is 11.4. The summed E-state index contributed by atoms with van der Waals surface area (Å²) < 4.78 is 0. The van der Waals surface area contributed by atoms with Crippen LogP contribution in [0.4, 0.5) is 0 Å². The third kappa shape index (κ3) is 2.45. The van der Waals surface area contributed by atoms with E-state index in [1.54, 1.807) is 30.6 Å². The molecule has 3 heteroatoms. The second-order valence-corrected chi connectivity index (χ2v) is 4.19. The Balaban J connectivity index is 2.01. The minimum atomic E-state index is 0.185. The largest absolute Gasteiger partial charge is 0.507 e. The van der Waals surface area contributed by atoms with Crippen molar-refractivity contribution in [3.8, 4) is 0 Å². The first-order valence-electron chi connectivity index (χ1n) is 6.00. The molecule has 19 heavy (non-hydrogen) atoms. The van der Waals surface area contributed by atoms with Crippen LogP contribution in [0.2, 0.25) is 0 Å². The van der Waals surface area contributed by atoms with Gasteiger partial charge < -0.3 is 5.11 Å². The fraction of sp³-hybridized carbons (Fsp3) is 0. The van der Waals surface area contributed by atoms with Crippen molar-refractivity contribution in [3.05, 3.63) is 72.2 Å². The lowest BCUT2D eigenvalue weighted by Gasteiger charge is -2.01. The summed E-state index contributed by atoms with van der Waals surface area (Å²) in [4.78, 5) is 8.41. The maximum Gasteiger partial charge on any atom is 0.125 e. The Kier molecular flexibility index (Phi) is 2.94. The summed E-state index contributed by atoms with van der Waals surface area (Å²) in [6, 6.07) is 15.3. The molecule has 1 aromatic carbocycles. The van der Waals surface area contributed by atoms with Gasteiger partial charge in [-0.05, 0) is 24.3 Å². The van der Waals surface area contributed by atoms with Crippen LogP contribution in [0, 0.1) is 0 Å². The average molecular weight is 248 g/mol. The van der Waals surface area contributed by atoms with Crippen LogP contribution in [0.15, 0.2) is 60.9 Å². The maximum atomic E-state index is 10.0. The molecule has 0 fully saturated rings. The predicted molar refractivity (Wildman–Crippen MR) is 76.5 cm³/mol. The van der Waals surface area contributed by atoms with Gasteiger partial charge in [-0.3, -0.25) is 4.98 Å². The van der Waals surface area contributed by atoms with E-state index in [-0.39, 0.29) is 5.76 Å². The highest BCUT2D eigenvalue weighted by atomic mass is 16.3. The Labute approximate surface area is 110 Å². The Morgan fingerprint density at radius 3 is 2.58 bits per heavy atom. The number of para-hydroxylation sites is 1. The summed E-state index contributed by atoms with van der Waals surface area (Å²) in [6.45, 7) is 0. The van der Waals surface area contributed by atoms with Crippen LogP contribution in [0.25, 0.3) is 22.7 Å². The lowest BCUT2D eigenvalue weighted by atomic mass is 10.1. The molecule has 0 aliphatic rings. The van der Waals surface area contributed by atoms with Gasteiger partial charge in [0.05, 0.1) is 11.2 Å². The van der Waals surface area contributed by atoms with E-state index in [1.807, 2.05) is 36.4 Å². The summed E-state index contributed by atoms with van der Waals surface area (Å²) in [5.74, 6) is 0.185. The van der Waals surface area contributed by atoms with E-state index in [4.69, 9.17) is 0 Å². The average Bonchev–Trinajstić information content (AvgIpc) is 2.48. The van der Waals surface area contributed by atoms with Crippen LogP contribution in [0.5, 0.6) is 0 Å². The second kappa shape index (κ2) is 4.90. The first-order chi connectivity index (χ1) is 9.33. The van der Waals surface area contributed by atoms with Crippen molar-refractivity contribution in [1.82, 2.24) is 9.97 Å². The van der Waals surface area contributed by atoms with E-state index in [2.05, 4.69) is 9.97 Å². The molecule has 2 heterocycles. The number of hydrogen-bond acceptors (Lipinski definition) is 3. The van der Waals surface area contributed by atoms with E-state index >= 15 is 0 Å². The number of hydrogen-bond donors (Lipinski definition) is 1. The van der Waals surface area contributed by atoms with Crippen LogP contribution < -0.4 is 0 Å². The molecular formula is C16H12N2O. The Hall–Kier alpha value is -2.68. The van der Waals surface area contributed by atoms with Gasteiger partial charge >= 0.3 is 0 Å². The minimum Gasteiger partial charge on any atom is -0.507 e. The van der Waals surface area contributed by atoms with E-state index < -0.39 is 0 Å². The maximum absolute atomic E-state index is 10.0. The zero-order valence-corrected chi connectivity index (χ0v) is 10.2. The second-order valence-electron chi connectivity index (χ2n) is 4.19. The zero-order chi connectivity index (χ0) is 13.1. The Morgan fingerprint density at radius 2 is 1.74 bits per heavy atom. The van der Waals surface area contributed by atoms with Crippen LogP contribution >= 0.6 is 0 Å². The predicted octanol–water partition coefficient (Wildman–Crippen LogP) is 3.69. The van der Waals surface area contributed by atoms with Gasteiger partial charge in [-0.25, -0.2) is 4.98 Å². The van der Waals surface area contributed by atoms with Gasteiger partial charge in [0.25, 0.3) is 0 Å². The number of pyridine rings is 2. The van der Waals surface area contributed by atoms with Crippen molar-refractivity contribution >= 4 is 22.7 Å². The molecule has 0 aliphatic heterocycles. The van der Waals surface area contributed by atoms with Crippen molar-refractivity contribution in [3.63, 3.8) is 0 Å². The molecule has 0 unspecified atom stereocenters. The monoisotopic (exact) mass is 248 g/mol. The van der Waals surface area contributed by atoms with Gasteiger partial charge in [-0.2, -0.15) is 0 Å². The molecule has 0 atom stereocenters. The number of aliphatic hydroxyl groups excluding tert-OH is 1. The molecule has 0 saturated carbocycles. The molecule has 3 rings (SSSR count). The third-order valence-corrected chi connectivity index (χ3v) is 2.88. The fourth-order valence-electron chi connectivity index (χ4n) is 1.91. The lowest BCUT2D eigenvalue weighted by Crippen LogP contribution is -1.87. The topological polar surface area (TPSA) is 46.0 Å². The molecule has 0 radical (unpaired) electrons. The third-order valence-electron chi connectivity index (χ3n) is 2.88. The zero-order valence-electron chi connectivity index (χ0n) is 10.2. The molecule has 2 aromatic heterocycles. The van der Waals surface area contributed by atoms with E-state index in [1.165, 1.54) is 0 Å². The Morgan fingerprint density at radius 1 is 0.947 bits per heavy atom. The van der Waals surface area contributed by atoms with Crippen molar-refractivity contribution in [2.45, 2.75) is 0 Å². The highest BCUT2D eigenvalue weighted by Crippen LogP contribution is 2.16. The molecule has 0 saturated heterocycles. The van der Waals surface area contributed by atoms with Gasteiger partial charge in [0.1, 0.15) is 5.76 Å². The molecule has 3 aromatic rings. The van der Waals surface area contributed by atoms with E-state index in [0.717, 1.165) is 22.2 Å². The Bertz CT molecular complexity index is 736. The molecule has 0 spiro atoms. The van der Waals surface area contributed by atoms with Gasteiger partial charge in [-0.15, -0.1) is 0 Å². The number of benzene rings is 1. The van der Waals surface area contributed by atoms with Gasteiger partial charge in [0.15, 0.2) is 0 Å². The summed E-state index contributed by atoms with van der Waals surface area (Å²) in [5, 5.41) is 11.1. The minimum absolute atomic E-state index is 0.185. The summed E-state index contributed by atoms with van der Waals surface area (Å²) in [5.41, 5.74) is 2.37. The highest BCUT2D eigenvalue weighted by Gasteiger charge is 2.00. The van der Waals surface area contributed by atoms with Crippen molar-refractivity contribution < 1.29 is 5.11 Å². The molecule has 0 bridgehead atoms. The van der Waals surface area contributed by atoms with Gasteiger partial charge in [0, 0.05) is 29.4 Å². The molecule has 0 amide bonds. The number of aliphatic hydroxyl groups is 1. The summed E-state index contributed by atoms with van der Waals surface area (Å²) in [7, 11) is 0. The van der Waals surface area contributed by atoms with Crippen LogP contribution in [-0.2, 0) is 0 Å². The van der Waals surface area contributed by atoms with Crippen LogP contribution in [0.3, 0.4) is 0 Å². The first-order valence-corrected chi connectivity index (χ1v) is 6.00. The van der Waals surface area contributed by atoms with E-state index in [9.17, 15) is 5.11 Å². The standard InChI is InChI=1S/C16H12N2O/c19-16(13-7-9-17-10-8-13)11-14-6-5-12-3-1-2-4-15(12)18-14/h1-11,19H. The summed E-state index contributed by atoms with van der Waals surface area (Å²) in [6.07, 6.45) is 4.95. The molecule has 3 nitrogen and oxygen atoms in total. The van der Waals surface area contributed by atoms with Crippen molar-refractivity contribution in [1.29, 1.82) is 0 Å².